The smallest absolute Gasteiger partial charge is 0.276 e. The zero-order valence-corrected chi connectivity index (χ0v) is 18.7. The van der Waals surface area contributed by atoms with E-state index in [0.29, 0.717) is 12.8 Å². The molecule has 1 aromatic carbocycles. The van der Waals surface area contributed by atoms with Gasteiger partial charge in [-0.15, -0.1) is 0 Å². The number of aliphatic hydroxyl groups is 1. The molecule has 0 bridgehead atoms. The van der Waals surface area contributed by atoms with Gasteiger partial charge < -0.3 is 15.0 Å². The summed E-state index contributed by atoms with van der Waals surface area (Å²) in [6.45, 7) is 0.193. The minimum Gasteiger partial charge on any atom is -0.393 e. The number of benzene rings is 1. The van der Waals surface area contributed by atoms with Crippen LogP contribution in [0, 0.1) is 5.92 Å². The monoisotopic (exact) mass is 456 g/mol. The number of aromatic nitrogens is 3. The van der Waals surface area contributed by atoms with Crippen molar-refractivity contribution in [3.63, 3.8) is 0 Å². The fraction of sp³-hybridized carbons (Fsp3) is 0.455. The number of hydrogen-bond donors (Lipinski definition) is 3. The van der Waals surface area contributed by atoms with Gasteiger partial charge >= 0.3 is 0 Å². The molecule has 2 aliphatic carbocycles. The highest BCUT2D eigenvalue weighted by Gasteiger charge is 2.36. The molecule has 1 fully saturated rings. The van der Waals surface area contributed by atoms with Crippen molar-refractivity contribution < 1.29 is 13.5 Å². The van der Waals surface area contributed by atoms with Gasteiger partial charge in [-0.2, -0.15) is 12.7 Å². The second-order valence-corrected chi connectivity index (χ2v) is 10.5. The van der Waals surface area contributed by atoms with E-state index >= 15 is 0 Å². The summed E-state index contributed by atoms with van der Waals surface area (Å²) in [5.41, 5.74) is 3.51. The van der Waals surface area contributed by atoms with Gasteiger partial charge in [0.2, 0.25) is 0 Å². The predicted octanol–water partition coefficient (Wildman–Crippen LogP) is 1.98. The SMILES string of the molecule is CN(C[C@@H]1C[C@@H](n2ccc3c(N[C@H]4CCc5ccccc54)ncnc32)C[C@@H]1O)S(N)(=O)=O. The number of nitrogens with zero attached hydrogens (tertiary/aromatic N) is 4. The Morgan fingerprint density at radius 2 is 2.06 bits per heavy atom. The van der Waals surface area contributed by atoms with Crippen molar-refractivity contribution in [1.82, 2.24) is 18.8 Å². The van der Waals surface area contributed by atoms with Crippen LogP contribution in [0.3, 0.4) is 0 Å². The van der Waals surface area contributed by atoms with Crippen molar-refractivity contribution in [3.8, 4) is 0 Å². The van der Waals surface area contributed by atoms with Crippen LogP contribution in [0.2, 0.25) is 0 Å². The molecule has 10 heteroatoms. The lowest BCUT2D eigenvalue weighted by Gasteiger charge is -2.20. The maximum atomic E-state index is 11.6. The van der Waals surface area contributed by atoms with Gasteiger partial charge in [-0.3, -0.25) is 0 Å². The number of aryl methyl sites for hydroxylation is 1. The maximum absolute atomic E-state index is 11.6. The molecule has 2 aromatic heterocycles. The van der Waals surface area contributed by atoms with Crippen LogP contribution in [0.5, 0.6) is 0 Å². The van der Waals surface area contributed by atoms with Crippen LogP contribution in [0.1, 0.15) is 42.5 Å². The first-order chi connectivity index (χ1) is 15.3. The Bertz CT molecular complexity index is 1240. The molecule has 9 nitrogen and oxygen atoms in total. The summed E-state index contributed by atoms with van der Waals surface area (Å²) in [5.74, 6) is 0.620. The number of nitrogens with one attached hydrogen (secondary N) is 1. The Kier molecular flexibility index (Phi) is 5.40. The minimum atomic E-state index is -3.77. The van der Waals surface area contributed by atoms with Gasteiger partial charge in [0.25, 0.3) is 10.2 Å². The number of fused-ring (bicyclic) bond motifs is 2. The largest absolute Gasteiger partial charge is 0.393 e. The third-order valence-corrected chi connectivity index (χ3v) is 7.92. The van der Waals surface area contributed by atoms with Crippen molar-refractivity contribution in [3.05, 3.63) is 54.0 Å². The molecule has 4 atom stereocenters. The van der Waals surface area contributed by atoms with Gasteiger partial charge in [0.1, 0.15) is 17.8 Å². The normalized spacial score (nSPS) is 25.5. The molecular weight excluding hydrogens is 428 g/mol. The molecule has 4 N–H and O–H groups in total. The summed E-state index contributed by atoms with van der Waals surface area (Å²) < 4.78 is 26.3. The van der Waals surface area contributed by atoms with E-state index < -0.39 is 16.3 Å². The van der Waals surface area contributed by atoms with Crippen LogP contribution >= 0.6 is 0 Å². The van der Waals surface area contributed by atoms with Crippen molar-refractivity contribution in [2.75, 3.05) is 18.9 Å². The Labute approximate surface area is 187 Å². The molecule has 0 unspecified atom stereocenters. The number of nitrogens with two attached hydrogens (primary N) is 1. The molecule has 1 saturated carbocycles. The molecule has 0 aliphatic heterocycles. The summed E-state index contributed by atoms with van der Waals surface area (Å²) in [7, 11) is -2.33. The summed E-state index contributed by atoms with van der Waals surface area (Å²) >= 11 is 0. The minimum absolute atomic E-state index is 0.0244. The molecular formula is C22H28N6O3S. The number of anilines is 1. The molecule has 5 rings (SSSR count). The van der Waals surface area contributed by atoms with E-state index in [4.69, 9.17) is 5.14 Å². The standard InChI is InChI=1S/C22H28N6O3S/c1-27(32(23,30)31)12-15-10-16(11-20(15)29)28-9-8-18-21(24-13-25-22(18)28)26-19-7-6-14-4-2-3-5-17(14)19/h2-5,8-9,13,15-16,19-20,29H,6-7,10-12H2,1H3,(H2,23,30,31)(H,24,25,26)/t15-,16+,19-,20-/m0/s1. The Balaban J connectivity index is 1.37. The molecule has 0 spiro atoms. The number of aliphatic hydroxyl groups excluding tert-OH is 1. The van der Waals surface area contributed by atoms with Crippen LogP contribution < -0.4 is 10.5 Å². The zero-order chi connectivity index (χ0) is 22.5. The average molecular weight is 457 g/mol. The lowest BCUT2D eigenvalue weighted by atomic mass is 10.1. The lowest BCUT2D eigenvalue weighted by molar-refractivity contribution is 0.122. The number of hydrogen-bond acceptors (Lipinski definition) is 6. The van der Waals surface area contributed by atoms with Crippen LogP contribution in [0.15, 0.2) is 42.9 Å². The third kappa shape index (κ3) is 3.88. The summed E-state index contributed by atoms with van der Waals surface area (Å²) in [4.78, 5) is 9.03. The first-order valence-corrected chi connectivity index (χ1v) is 12.4. The van der Waals surface area contributed by atoms with E-state index in [-0.39, 0.29) is 24.5 Å². The number of rotatable bonds is 6. The molecule has 0 radical (unpaired) electrons. The van der Waals surface area contributed by atoms with Gasteiger partial charge in [0, 0.05) is 31.7 Å². The molecule has 2 aliphatic rings. The van der Waals surface area contributed by atoms with E-state index in [2.05, 4.69) is 44.1 Å². The van der Waals surface area contributed by atoms with Crippen LogP contribution in [-0.2, 0) is 16.6 Å². The zero-order valence-electron chi connectivity index (χ0n) is 17.9. The summed E-state index contributed by atoms with van der Waals surface area (Å²) in [6.07, 6.45) is 6.21. The molecule has 0 amide bonds. The fourth-order valence-electron chi connectivity index (χ4n) is 5.18. The lowest BCUT2D eigenvalue weighted by Crippen LogP contribution is -2.38. The van der Waals surface area contributed by atoms with Gasteiger partial charge in [0.15, 0.2) is 0 Å². The molecule has 0 saturated heterocycles. The van der Waals surface area contributed by atoms with Gasteiger partial charge in [0.05, 0.1) is 17.5 Å². The maximum Gasteiger partial charge on any atom is 0.276 e. The van der Waals surface area contributed by atoms with Gasteiger partial charge in [-0.05, 0) is 42.9 Å². The van der Waals surface area contributed by atoms with Crippen molar-refractivity contribution in [2.24, 2.45) is 11.1 Å². The predicted molar refractivity (Wildman–Crippen MR) is 122 cm³/mol. The second-order valence-electron chi connectivity index (χ2n) is 8.90. The van der Waals surface area contributed by atoms with Gasteiger partial charge in [-0.1, -0.05) is 24.3 Å². The van der Waals surface area contributed by atoms with E-state index in [1.54, 1.807) is 6.33 Å². The highest BCUT2D eigenvalue weighted by Crippen LogP contribution is 2.39. The fourth-order valence-corrected chi connectivity index (χ4v) is 5.58. The second kappa shape index (κ2) is 8.11. The highest BCUT2D eigenvalue weighted by molar-refractivity contribution is 7.86. The van der Waals surface area contributed by atoms with E-state index in [9.17, 15) is 13.5 Å². The highest BCUT2D eigenvalue weighted by atomic mass is 32.2. The first kappa shape index (κ1) is 21.3. The average Bonchev–Trinajstić information content (AvgIpc) is 3.45. The Morgan fingerprint density at radius 3 is 2.88 bits per heavy atom. The molecule has 2 heterocycles. The molecule has 32 heavy (non-hydrogen) atoms. The van der Waals surface area contributed by atoms with Crippen LogP contribution in [0.25, 0.3) is 11.0 Å². The van der Waals surface area contributed by atoms with Crippen molar-refractivity contribution in [1.29, 1.82) is 0 Å². The molecule has 3 aromatic rings. The van der Waals surface area contributed by atoms with E-state index in [1.165, 1.54) is 18.2 Å². The van der Waals surface area contributed by atoms with Crippen molar-refractivity contribution >= 4 is 27.1 Å². The third-order valence-electron chi connectivity index (χ3n) is 6.91. The quantitative estimate of drug-likeness (QED) is 0.521. The van der Waals surface area contributed by atoms with E-state index in [0.717, 1.165) is 34.0 Å². The molecule has 170 valence electrons. The summed E-state index contributed by atoms with van der Waals surface area (Å²) in [5, 5.41) is 20.3. The Hall–Kier alpha value is -2.53. The van der Waals surface area contributed by atoms with Crippen LogP contribution in [-0.4, -0.2) is 52.1 Å². The van der Waals surface area contributed by atoms with Gasteiger partial charge in [-0.25, -0.2) is 15.1 Å². The Morgan fingerprint density at radius 1 is 1.25 bits per heavy atom. The topological polar surface area (TPSA) is 126 Å². The van der Waals surface area contributed by atoms with Crippen molar-refractivity contribution in [2.45, 2.75) is 43.9 Å². The first-order valence-electron chi connectivity index (χ1n) is 10.9. The summed E-state index contributed by atoms with van der Waals surface area (Å²) in [6, 6.07) is 10.7. The van der Waals surface area contributed by atoms with E-state index in [1.807, 2.05) is 12.3 Å². The van der Waals surface area contributed by atoms with Crippen LogP contribution in [0.4, 0.5) is 5.82 Å².